The maximum Gasteiger partial charge on any atom is 0.180 e. The number of furan rings is 2. The molecule has 0 saturated carbocycles. The van der Waals surface area contributed by atoms with E-state index in [1.165, 1.54) is 5.39 Å². The predicted molar refractivity (Wildman–Crippen MR) is 252 cm³/mol. The van der Waals surface area contributed by atoms with Gasteiger partial charge >= 0.3 is 0 Å². The van der Waals surface area contributed by atoms with Gasteiger partial charge in [-0.15, -0.1) is 0 Å². The average molecular weight is 811 g/mol. The van der Waals surface area contributed by atoms with Crippen molar-refractivity contribution in [2.24, 2.45) is 0 Å². The lowest BCUT2D eigenvalue weighted by Gasteiger charge is -2.11. The van der Waals surface area contributed by atoms with Crippen molar-refractivity contribution in [3.05, 3.63) is 188 Å². The number of benzene rings is 7. The van der Waals surface area contributed by atoms with Gasteiger partial charge in [-0.2, -0.15) is 0 Å². The van der Waals surface area contributed by atoms with Gasteiger partial charge in [-0.1, -0.05) is 121 Å². The highest BCUT2D eigenvalue weighted by Crippen LogP contribution is 2.41. The summed E-state index contributed by atoms with van der Waals surface area (Å²) in [6.45, 7) is 0. The van der Waals surface area contributed by atoms with E-state index in [1.54, 1.807) is 0 Å². The van der Waals surface area contributed by atoms with E-state index in [9.17, 15) is 0 Å². The van der Waals surface area contributed by atoms with E-state index in [0.29, 0.717) is 28.9 Å². The Labute approximate surface area is 360 Å². The molecule has 7 aromatic carbocycles. The summed E-state index contributed by atoms with van der Waals surface area (Å²) in [6, 6.07) is 55.8. The Balaban J connectivity index is 1.01. The van der Waals surface area contributed by atoms with Crippen LogP contribution >= 0.6 is 0 Å². The maximum absolute atomic E-state index is 6.54. The number of para-hydroxylation sites is 3. The lowest BCUT2D eigenvalue weighted by Crippen LogP contribution is -2.00. The second-order valence-electron chi connectivity index (χ2n) is 15.9. The molecule has 0 fully saturated rings. The Hall–Kier alpha value is -8.49. The quantitative estimate of drug-likeness (QED) is 0.165. The summed E-state index contributed by atoms with van der Waals surface area (Å²) >= 11 is 0. The van der Waals surface area contributed by atoms with Crippen molar-refractivity contribution in [2.75, 3.05) is 0 Å². The number of aromatic nitrogens is 6. The molecule has 0 N–H and O–H groups in total. The first kappa shape index (κ1) is 35.3. The minimum atomic E-state index is 0.553. The summed E-state index contributed by atoms with van der Waals surface area (Å²) in [5.74, 6) is 2.32. The van der Waals surface area contributed by atoms with E-state index in [2.05, 4.69) is 108 Å². The molecule has 63 heavy (non-hydrogen) atoms. The second-order valence-corrected chi connectivity index (χ2v) is 15.9. The third-order valence-electron chi connectivity index (χ3n) is 12.1. The van der Waals surface area contributed by atoms with E-state index in [1.807, 2.05) is 78.9 Å². The Morgan fingerprint density at radius 3 is 1.95 bits per heavy atom. The van der Waals surface area contributed by atoms with Crippen molar-refractivity contribution >= 4 is 71.4 Å². The first-order valence-corrected chi connectivity index (χ1v) is 21.1. The van der Waals surface area contributed by atoms with Gasteiger partial charge in [-0.25, -0.2) is 24.9 Å². The average Bonchev–Trinajstić information content (AvgIpc) is 4.03. The van der Waals surface area contributed by atoms with Gasteiger partial charge in [0.25, 0.3) is 0 Å². The van der Waals surface area contributed by atoms with Gasteiger partial charge in [0, 0.05) is 54.9 Å². The lowest BCUT2D eigenvalue weighted by atomic mass is 10.0. The van der Waals surface area contributed by atoms with Gasteiger partial charge in [0.1, 0.15) is 28.0 Å². The zero-order chi connectivity index (χ0) is 41.4. The summed E-state index contributed by atoms with van der Waals surface area (Å²) in [4.78, 5) is 26.0. The fraction of sp³-hybridized carbons (Fsp3) is 0.0364. The summed E-state index contributed by atoms with van der Waals surface area (Å²) in [5.41, 5.74) is 12.3. The lowest BCUT2D eigenvalue weighted by molar-refractivity contribution is 0.664. The first-order chi connectivity index (χ1) is 31.2. The van der Waals surface area contributed by atoms with Crippen LogP contribution in [0.1, 0.15) is 18.5 Å². The fourth-order valence-electron chi connectivity index (χ4n) is 9.16. The molecule has 0 bridgehead atoms. The van der Waals surface area contributed by atoms with Crippen molar-refractivity contribution in [3.63, 3.8) is 0 Å². The predicted octanol–water partition coefficient (Wildman–Crippen LogP) is 14.0. The maximum atomic E-state index is 6.54. The van der Waals surface area contributed by atoms with Crippen LogP contribution in [0.15, 0.2) is 191 Å². The molecule has 0 saturated heterocycles. The van der Waals surface area contributed by atoms with Crippen LogP contribution in [0.5, 0.6) is 0 Å². The van der Waals surface area contributed by atoms with Crippen molar-refractivity contribution in [3.8, 4) is 51.2 Å². The normalized spacial score (nSPS) is 13.0. The van der Waals surface area contributed by atoms with Crippen LogP contribution in [0, 0.1) is 0 Å². The van der Waals surface area contributed by atoms with Crippen molar-refractivity contribution in [2.45, 2.75) is 12.8 Å². The highest BCUT2D eigenvalue weighted by Gasteiger charge is 2.23. The van der Waals surface area contributed by atoms with Crippen molar-refractivity contribution in [1.82, 2.24) is 29.5 Å². The van der Waals surface area contributed by atoms with Crippen LogP contribution in [-0.2, 0) is 0 Å². The monoisotopic (exact) mass is 810 g/mol. The highest BCUT2D eigenvalue weighted by atomic mass is 16.3. The Bertz CT molecular complexity index is 3860. The van der Waals surface area contributed by atoms with Crippen LogP contribution in [0.4, 0.5) is 0 Å². The molecule has 0 unspecified atom stereocenters. The number of hydrogen-bond donors (Lipinski definition) is 0. The molecular formula is C55H34N6O2. The minimum Gasteiger partial charge on any atom is -0.456 e. The number of fused-ring (bicyclic) bond motifs is 9. The molecule has 5 heterocycles. The van der Waals surface area contributed by atoms with E-state index < -0.39 is 0 Å². The van der Waals surface area contributed by atoms with E-state index in [4.69, 9.17) is 33.8 Å². The Kier molecular flexibility index (Phi) is 7.86. The second kappa shape index (κ2) is 14.0. The van der Waals surface area contributed by atoms with E-state index >= 15 is 0 Å². The molecule has 296 valence electrons. The molecule has 8 nitrogen and oxygen atoms in total. The molecule has 1 aliphatic carbocycles. The van der Waals surface area contributed by atoms with Crippen LogP contribution in [0.3, 0.4) is 0 Å². The third-order valence-corrected chi connectivity index (χ3v) is 12.1. The topological polar surface area (TPSA) is 95.7 Å². The molecular weight excluding hydrogens is 777 g/mol. The summed E-state index contributed by atoms with van der Waals surface area (Å²) in [6.07, 6.45) is 8.49. The van der Waals surface area contributed by atoms with Crippen molar-refractivity contribution in [1.29, 1.82) is 0 Å². The van der Waals surface area contributed by atoms with Crippen LogP contribution in [0.2, 0.25) is 0 Å². The number of allylic oxidation sites excluding steroid dienone is 4. The zero-order valence-corrected chi connectivity index (χ0v) is 33.7. The standard InChI is InChI=1S/C55H34N6O2/c1-4-15-33(16-5-1)49-51-50(40-22-11-13-25-45(40)63-51)57-55(56-49)41-23-14-26-47-48(41)42-31-35(28-30-46(42)62-47)53-58-52(34-17-6-2-7-18-34)59-54(60-53)36-27-29-39-38-21-10-12-24-43(38)61(44(39)32-36)37-19-8-3-9-20-37/h2-4,6-32H,1,5H2. The number of nitrogens with zero attached hydrogens (tertiary/aromatic N) is 6. The van der Waals surface area contributed by atoms with Gasteiger partial charge in [-0.3, -0.25) is 0 Å². The summed E-state index contributed by atoms with van der Waals surface area (Å²) in [5, 5.41) is 5.12. The molecule has 13 rings (SSSR count). The fourth-order valence-corrected chi connectivity index (χ4v) is 9.16. The highest BCUT2D eigenvalue weighted by molar-refractivity contribution is 6.14. The minimum absolute atomic E-state index is 0.553. The van der Waals surface area contributed by atoms with Crippen LogP contribution in [0.25, 0.3) is 123 Å². The molecule has 8 heteroatoms. The molecule has 1 aliphatic rings. The summed E-state index contributed by atoms with van der Waals surface area (Å²) < 4.78 is 15.3. The molecule has 0 spiro atoms. The third kappa shape index (κ3) is 5.72. The van der Waals surface area contributed by atoms with Gasteiger partial charge in [-0.05, 0) is 79.1 Å². The molecule has 0 atom stereocenters. The molecule has 0 aliphatic heterocycles. The Morgan fingerprint density at radius 2 is 1.13 bits per heavy atom. The van der Waals surface area contributed by atoms with Gasteiger partial charge in [0.2, 0.25) is 0 Å². The number of hydrogen-bond acceptors (Lipinski definition) is 7. The van der Waals surface area contributed by atoms with E-state index in [0.717, 1.165) is 107 Å². The van der Waals surface area contributed by atoms with Crippen LogP contribution in [-0.4, -0.2) is 29.5 Å². The van der Waals surface area contributed by atoms with Gasteiger partial charge in [0.05, 0.1) is 11.0 Å². The number of rotatable bonds is 6. The first-order valence-electron chi connectivity index (χ1n) is 21.1. The summed E-state index contributed by atoms with van der Waals surface area (Å²) in [7, 11) is 0. The smallest absolute Gasteiger partial charge is 0.180 e. The molecule has 5 aromatic heterocycles. The largest absolute Gasteiger partial charge is 0.456 e. The molecule has 12 aromatic rings. The van der Waals surface area contributed by atoms with Gasteiger partial charge < -0.3 is 13.4 Å². The molecule has 0 amide bonds. The van der Waals surface area contributed by atoms with E-state index in [-0.39, 0.29) is 0 Å². The van der Waals surface area contributed by atoms with Gasteiger partial charge in [0.15, 0.2) is 28.9 Å². The van der Waals surface area contributed by atoms with Crippen LogP contribution < -0.4 is 0 Å². The van der Waals surface area contributed by atoms with Crippen molar-refractivity contribution < 1.29 is 8.83 Å². The Morgan fingerprint density at radius 1 is 0.444 bits per heavy atom. The zero-order valence-electron chi connectivity index (χ0n) is 33.7. The SMILES string of the molecule is C1=CC(c2nc(-c3cccc4oc5ccc(-c6nc(-c7ccccc7)nc(-c7ccc8c9ccccc9n(-c9ccccc9)c8c7)n6)cc5c34)nc3c2oc2ccccc23)=CCC1. The molecule has 0 radical (unpaired) electrons.